The number of anilines is 1. The van der Waals surface area contributed by atoms with E-state index in [1.54, 1.807) is 49.7 Å². The molecule has 0 fully saturated rings. The molecule has 1 unspecified atom stereocenters. The number of halogens is 1. The van der Waals surface area contributed by atoms with Crippen LogP contribution in [0.5, 0.6) is 17.2 Å². The minimum absolute atomic E-state index is 0.121. The van der Waals surface area contributed by atoms with Crippen molar-refractivity contribution in [1.29, 1.82) is 0 Å². The van der Waals surface area contributed by atoms with Gasteiger partial charge in [-0.1, -0.05) is 35.9 Å². The first-order valence-electron chi connectivity index (χ1n) is 10.7. The van der Waals surface area contributed by atoms with Gasteiger partial charge in [0, 0.05) is 57.1 Å². The van der Waals surface area contributed by atoms with Crippen LogP contribution in [-0.2, 0) is 0 Å². The third-order valence-electron chi connectivity index (χ3n) is 5.41. The summed E-state index contributed by atoms with van der Waals surface area (Å²) in [4.78, 5) is 17.1. The van der Waals surface area contributed by atoms with Gasteiger partial charge in [-0.25, -0.2) is 0 Å². The molecular formula is C26H25ClN2O5. The van der Waals surface area contributed by atoms with Crippen molar-refractivity contribution < 1.29 is 24.1 Å². The van der Waals surface area contributed by atoms with Gasteiger partial charge in [0.15, 0.2) is 5.78 Å². The van der Waals surface area contributed by atoms with Gasteiger partial charge >= 0.3 is 0 Å². The summed E-state index contributed by atoms with van der Waals surface area (Å²) >= 11 is 6.18. The number of aromatic nitrogens is 1. The monoisotopic (exact) mass is 480 g/mol. The number of Topliss-reactive ketones (excluding diaryl/α,β-unsaturated/α-hetero) is 1. The molecule has 0 amide bonds. The second-order valence-electron chi connectivity index (χ2n) is 7.55. The Morgan fingerprint density at radius 1 is 1.06 bits per heavy atom. The van der Waals surface area contributed by atoms with Crippen molar-refractivity contribution in [2.24, 2.45) is 0 Å². The minimum atomic E-state index is -0.802. The number of carbonyl (C=O) groups excluding carboxylic acids is 1. The topological polar surface area (TPSA) is 92.8 Å². The van der Waals surface area contributed by atoms with Crippen LogP contribution in [0.1, 0.15) is 22.0 Å². The molecule has 0 spiro atoms. The second kappa shape index (κ2) is 10.5. The van der Waals surface area contributed by atoms with Gasteiger partial charge in [-0.15, -0.1) is 0 Å². The summed E-state index contributed by atoms with van der Waals surface area (Å²) in [6, 6.07) is 17.2. The molecule has 4 rings (SSSR count). The lowest BCUT2D eigenvalue weighted by atomic mass is 9.95. The molecule has 0 aliphatic carbocycles. The quantitative estimate of drug-likeness (QED) is 0.269. The molecule has 1 atom stereocenters. The zero-order chi connectivity index (χ0) is 24.1. The fourth-order valence-electron chi connectivity index (χ4n) is 3.83. The van der Waals surface area contributed by atoms with Crippen LogP contribution in [0.15, 0.2) is 66.9 Å². The Kier molecular flexibility index (Phi) is 7.25. The predicted molar refractivity (Wildman–Crippen MR) is 133 cm³/mol. The molecule has 34 heavy (non-hydrogen) atoms. The lowest BCUT2D eigenvalue weighted by molar-refractivity contribution is 0.0970. The molecule has 4 aromatic rings. The first-order valence-corrected chi connectivity index (χ1v) is 11.0. The van der Waals surface area contributed by atoms with Gasteiger partial charge in [0.25, 0.3) is 0 Å². The Hall–Kier alpha value is -3.68. The van der Waals surface area contributed by atoms with E-state index in [1.165, 1.54) is 7.11 Å². The van der Waals surface area contributed by atoms with Crippen molar-refractivity contribution in [3.8, 4) is 17.2 Å². The van der Waals surface area contributed by atoms with Crippen molar-refractivity contribution >= 4 is 34.0 Å². The molecule has 0 saturated heterocycles. The number of methoxy groups -OCH3 is 2. The number of nitrogens with one attached hydrogen (secondary N) is 2. The van der Waals surface area contributed by atoms with Gasteiger partial charge in [0.05, 0.1) is 20.8 Å². The third kappa shape index (κ3) is 4.95. The number of aliphatic hydroxyl groups excluding tert-OH is 1. The maximum atomic E-state index is 13.9. The summed E-state index contributed by atoms with van der Waals surface area (Å²) in [7, 11) is 3.08. The molecule has 8 heteroatoms. The molecular weight excluding hydrogens is 456 g/mol. The Balaban J connectivity index is 1.80. The van der Waals surface area contributed by atoms with E-state index < -0.39 is 6.04 Å². The highest BCUT2D eigenvalue weighted by Gasteiger charge is 2.27. The smallest absolute Gasteiger partial charge is 0.191 e. The number of aromatic amines is 1. The molecule has 3 aromatic carbocycles. The molecule has 3 N–H and O–H groups in total. The second-order valence-corrected chi connectivity index (χ2v) is 7.98. The van der Waals surface area contributed by atoms with Gasteiger partial charge in [-0.05, 0) is 18.2 Å². The van der Waals surface area contributed by atoms with Crippen LogP contribution < -0.4 is 19.5 Å². The first kappa shape index (κ1) is 23.5. The van der Waals surface area contributed by atoms with E-state index in [0.29, 0.717) is 39.1 Å². The van der Waals surface area contributed by atoms with Crippen LogP contribution in [0.3, 0.4) is 0 Å². The number of carbonyl (C=O) groups is 1. The maximum Gasteiger partial charge on any atom is 0.191 e. The Morgan fingerprint density at radius 3 is 2.62 bits per heavy atom. The number of aliphatic hydroxyl groups is 1. The van der Waals surface area contributed by atoms with E-state index in [1.807, 2.05) is 24.3 Å². The van der Waals surface area contributed by atoms with Crippen LogP contribution in [-0.4, -0.2) is 43.3 Å². The SMILES string of the molecule is COc1cc(NC(C(=O)c2c[nH]c3ccccc23)c2ccc(Cl)cc2OC)cc(OCCO)c1. The number of ether oxygens (including phenoxy) is 3. The Bertz CT molecular complexity index is 1300. The molecule has 0 bridgehead atoms. The van der Waals surface area contributed by atoms with Crippen LogP contribution in [0.2, 0.25) is 5.02 Å². The van der Waals surface area contributed by atoms with Gasteiger partial charge in [-0.2, -0.15) is 0 Å². The predicted octanol–water partition coefficient (Wildman–Crippen LogP) is 5.25. The molecule has 0 saturated carbocycles. The number of benzene rings is 3. The summed E-state index contributed by atoms with van der Waals surface area (Å²) in [6.07, 6.45) is 1.71. The average molecular weight is 481 g/mol. The average Bonchev–Trinajstić information content (AvgIpc) is 3.30. The highest BCUT2D eigenvalue weighted by atomic mass is 35.5. The molecule has 1 heterocycles. The number of rotatable bonds is 10. The number of para-hydroxylation sites is 1. The van der Waals surface area contributed by atoms with Crippen LogP contribution in [0.4, 0.5) is 5.69 Å². The van der Waals surface area contributed by atoms with Crippen molar-refractivity contribution in [3.05, 3.63) is 83.0 Å². The van der Waals surface area contributed by atoms with Crippen molar-refractivity contribution in [2.75, 3.05) is 32.8 Å². The normalized spacial score (nSPS) is 11.8. The highest BCUT2D eigenvalue weighted by molar-refractivity contribution is 6.30. The molecule has 176 valence electrons. The summed E-state index contributed by atoms with van der Waals surface area (Å²) in [5, 5.41) is 13.8. The van der Waals surface area contributed by atoms with Crippen LogP contribution >= 0.6 is 11.6 Å². The standard InChI is InChI=1S/C26H25ClN2O5/c1-32-18-12-17(13-19(14-18)34-10-9-30)29-25(21-8-7-16(27)11-24(21)33-2)26(31)22-15-28-23-6-4-3-5-20(22)23/h3-8,11-15,25,28-30H,9-10H2,1-2H3. The van der Waals surface area contributed by atoms with Gasteiger partial charge in [0.1, 0.15) is 29.9 Å². The molecule has 0 aliphatic rings. The molecule has 0 aliphatic heterocycles. The van der Waals surface area contributed by atoms with Gasteiger partial charge in [0.2, 0.25) is 0 Å². The van der Waals surface area contributed by atoms with E-state index in [0.717, 1.165) is 10.9 Å². The lowest BCUT2D eigenvalue weighted by Gasteiger charge is -2.22. The van der Waals surface area contributed by atoms with Crippen LogP contribution in [0.25, 0.3) is 10.9 Å². The van der Waals surface area contributed by atoms with Gasteiger partial charge in [-0.3, -0.25) is 4.79 Å². The maximum absolute atomic E-state index is 13.9. The third-order valence-corrected chi connectivity index (χ3v) is 5.65. The minimum Gasteiger partial charge on any atom is -0.497 e. The zero-order valence-electron chi connectivity index (χ0n) is 18.8. The first-order chi connectivity index (χ1) is 16.5. The molecule has 7 nitrogen and oxygen atoms in total. The molecule has 1 aromatic heterocycles. The molecule has 0 radical (unpaired) electrons. The van der Waals surface area contributed by atoms with E-state index >= 15 is 0 Å². The fourth-order valence-corrected chi connectivity index (χ4v) is 3.99. The number of hydrogen-bond donors (Lipinski definition) is 3. The highest BCUT2D eigenvalue weighted by Crippen LogP contribution is 2.36. The van der Waals surface area contributed by atoms with E-state index in [2.05, 4.69) is 10.3 Å². The largest absolute Gasteiger partial charge is 0.497 e. The van der Waals surface area contributed by atoms with E-state index in [9.17, 15) is 4.79 Å². The zero-order valence-corrected chi connectivity index (χ0v) is 19.6. The summed E-state index contributed by atoms with van der Waals surface area (Å²) in [5.41, 5.74) is 2.64. The summed E-state index contributed by atoms with van der Waals surface area (Å²) in [6.45, 7) is 0.0128. The van der Waals surface area contributed by atoms with Gasteiger partial charge < -0.3 is 29.6 Å². The van der Waals surface area contributed by atoms with E-state index in [-0.39, 0.29) is 19.0 Å². The Morgan fingerprint density at radius 2 is 1.85 bits per heavy atom. The van der Waals surface area contributed by atoms with Crippen molar-refractivity contribution in [1.82, 2.24) is 4.98 Å². The van der Waals surface area contributed by atoms with Crippen LogP contribution in [0, 0.1) is 0 Å². The number of fused-ring (bicyclic) bond motifs is 1. The number of ketones is 1. The van der Waals surface area contributed by atoms with E-state index in [4.69, 9.17) is 30.9 Å². The lowest BCUT2D eigenvalue weighted by Crippen LogP contribution is -2.22. The van der Waals surface area contributed by atoms with Crippen molar-refractivity contribution in [2.45, 2.75) is 6.04 Å². The fraction of sp³-hybridized carbons (Fsp3) is 0.192. The van der Waals surface area contributed by atoms with Crippen molar-refractivity contribution in [3.63, 3.8) is 0 Å². The summed E-state index contributed by atoms with van der Waals surface area (Å²) < 4.78 is 16.5. The number of H-pyrrole nitrogens is 1. The Labute approximate surface area is 202 Å². The number of hydrogen-bond acceptors (Lipinski definition) is 6. The summed E-state index contributed by atoms with van der Waals surface area (Å²) in [5.74, 6) is 1.37.